The lowest BCUT2D eigenvalue weighted by Gasteiger charge is -2.27. The van der Waals surface area contributed by atoms with Crippen LogP contribution in [-0.4, -0.2) is 53.1 Å². The highest BCUT2D eigenvalue weighted by atomic mass is 16.5. The van der Waals surface area contributed by atoms with Crippen molar-refractivity contribution in [2.75, 3.05) is 37.4 Å². The first-order chi connectivity index (χ1) is 15.2. The molecule has 3 rings (SSSR count). The van der Waals surface area contributed by atoms with Crippen molar-refractivity contribution in [3.05, 3.63) is 62.8 Å². The molecule has 2 amide bonds. The van der Waals surface area contributed by atoms with Gasteiger partial charge in [-0.2, -0.15) is 0 Å². The van der Waals surface area contributed by atoms with Crippen LogP contribution in [0.2, 0.25) is 0 Å². The first-order valence-electron chi connectivity index (χ1n) is 10.2. The van der Waals surface area contributed by atoms with E-state index in [2.05, 4.69) is 11.6 Å². The summed E-state index contributed by atoms with van der Waals surface area (Å²) in [7, 11) is 1.46. The lowest BCUT2D eigenvalue weighted by atomic mass is 10.1. The van der Waals surface area contributed by atoms with Gasteiger partial charge in [0.2, 0.25) is 5.91 Å². The number of hydrogen-bond acceptors (Lipinski definition) is 6. The number of carbonyl (C=O) groups is 2. The first kappa shape index (κ1) is 23.0. The fraction of sp³-hybridized carbons (Fsp3) is 0.364. The Morgan fingerprint density at radius 1 is 1.22 bits per heavy atom. The maximum absolute atomic E-state index is 13.3. The molecule has 1 aromatic heterocycles. The number of hydrogen-bond donors (Lipinski definition) is 2. The Morgan fingerprint density at radius 2 is 1.88 bits per heavy atom. The Morgan fingerprint density at radius 3 is 2.47 bits per heavy atom. The van der Waals surface area contributed by atoms with Gasteiger partial charge in [-0.15, -0.1) is 0 Å². The Labute approximate surface area is 184 Å². The predicted molar refractivity (Wildman–Crippen MR) is 121 cm³/mol. The molecule has 1 aliphatic heterocycles. The van der Waals surface area contributed by atoms with Gasteiger partial charge in [0.1, 0.15) is 12.4 Å². The molecule has 0 bridgehead atoms. The molecule has 0 saturated carbocycles. The third-order valence-electron chi connectivity index (χ3n) is 5.18. The number of benzene rings is 1. The van der Waals surface area contributed by atoms with Crippen LogP contribution >= 0.6 is 0 Å². The van der Waals surface area contributed by atoms with Crippen LogP contribution in [0.3, 0.4) is 0 Å². The molecule has 0 unspecified atom stereocenters. The minimum Gasteiger partial charge on any atom is -0.383 e. The Bertz CT molecular complexity index is 1140. The molecule has 10 heteroatoms. The monoisotopic (exact) mass is 441 g/mol. The van der Waals surface area contributed by atoms with Crippen LogP contribution < -0.4 is 21.9 Å². The molecule has 170 valence electrons. The quantitative estimate of drug-likeness (QED) is 0.625. The van der Waals surface area contributed by atoms with E-state index in [1.54, 1.807) is 24.3 Å². The van der Waals surface area contributed by atoms with Crippen LogP contribution in [0.15, 0.2) is 40.4 Å². The first-order valence-corrected chi connectivity index (χ1v) is 10.2. The summed E-state index contributed by atoms with van der Waals surface area (Å²) < 4.78 is 6.32. The summed E-state index contributed by atoms with van der Waals surface area (Å²) >= 11 is 0. The number of nitrogens with zero attached hydrogens (tertiary/aromatic N) is 3. The number of rotatable bonds is 8. The van der Waals surface area contributed by atoms with Crippen molar-refractivity contribution in [2.24, 2.45) is 5.92 Å². The van der Waals surface area contributed by atoms with Gasteiger partial charge in [0, 0.05) is 37.0 Å². The molecule has 3 N–H and O–H groups in total. The van der Waals surface area contributed by atoms with E-state index < -0.39 is 17.2 Å². The third-order valence-corrected chi connectivity index (χ3v) is 5.18. The minimum absolute atomic E-state index is 0.00392. The second kappa shape index (κ2) is 9.23. The van der Waals surface area contributed by atoms with Crippen molar-refractivity contribution in [1.82, 2.24) is 14.5 Å². The highest BCUT2D eigenvalue weighted by Crippen LogP contribution is 2.31. The van der Waals surface area contributed by atoms with Gasteiger partial charge in [-0.1, -0.05) is 38.6 Å². The normalized spacial score (nSPS) is 13.1. The summed E-state index contributed by atoms with van der Waals surface area (Å²) in [5.41, 5.74) is 6.10. The maximum Gasteiger partial charge on any atom is 0.330 e. The molecule has 32 heavy (non-hydrogen) atoms. The Kier molecular flexibility index (Phi) is 6.64. The highest BCUT2D eigenvalue weighted by molar-refractivity contribution is 6.11. The summed E-state index contributed by atoms with van der Waals surface area (Å²) in [6.45, 7) is 7.76. The zero-order valence-electron chi connectivity index (χ0n) is 18.4. The van der Waals surface area contributed by atoms with Crippen molar-refractivity contribution < 1.29 is 14.3 Å². The zero-order chi connectivity index (χ0) is 23.6. The van der Waals surface area contributed by atoms with E-state index in [9.17, 15) is 19.2 Å². The number of fused-ring (bicyclic) bond motifs is 1. The zero-order valence-corrected chi connectivity index (χ0v) is 18.4. The van der Waals surface area contributed by atoms with E-state index in [4.69, 9.17) is 10.5 Å². The smallest absolute Gasteiger partial charge is 0.330 e. The largest absolute Gasteiger partial charge is 0.383 e. The summed E-state index contributed by atoms with van der Waals surface area (Å²) in [4.78, 5) is 55.7. The van der Waals surface area contributed by atoms with Crippen LogP contribution in [0.5, 0.6) is 0 Å². The molecular weight excluding hydrogens is 414 g/mol. The van der Waals surface area contributed by atoms with Crippen LogP contribution in [0.4, 0.5) is 11.5 Å². The van der Waals surface area contributed by atoms with Crippen LogP contribution in [0.1, 0.15) is 29.8 Å². The van der Waals surface area contributed by atoms with Crippen molar-refractivity contribution >= 4 is 29.0 Å². The van der Waals surface area contributed by atoms with Crippen LogP contribution in [-0.2, 0) is 16.1 Å². The van der Waals surface area contributed by atoms with Crippen molar-refractivity contribution in [1.29, 1.82) is 0 Å². The van der Waals surface area contributed by atoms with Gasteiger partial charge in [-0.3, -0.25) is 28.8 Å². The molecule has 0 aliphatic carbocycles. The molecular formula is C22H27N5O5. The molecule has 0 spiro atoms. The number of nitrogens with one attached hydrogen (secondary N) is 1. The van der Waals surface area contributed by atoms with Gasteiger partial charge in [-0.05, 0) is 12.0 Å². The number of nitrogens with two attached hydrogens (primary N) is 1. The second-order valence-corrected chi connectivity index (χ2v) is 7.92. The molecule has 0 fully saturated rings. The number of H-pyrrole nitrogens is 1. The molecule has 0 saturated heterocycles. The highest BCUT2D eigenvalue weighted by Gasteiger charge is 2.34. The topological polar surface area (TPSA) is 131 Å². The van der Waals surface area contributed by atoms with E-state index in [0.29, 0.717) is 16.8 Å². The molecule has 2 aromatic rings. The average Bonchev–Trinajstić information content (AvgIpc) is 2.98. The minimum atomic E-state index is -0.785. The van der Waals surface area contributed by atoms with E-state index in [0.717, 1.165) is 4.90 Å². The summed E-state index contributed by atoms with van der Waals surface area (Å²) in [6, 6.07) is 6.94. The molecule has 1 aliphatic rings. The third kappa shape index (κ3) is 4.22. The number of ether oxygens (including phenoxy) is 1. The van der Waals surface area contributed by atoms with Gasteiger partial charge in [0.05, 0.1) is 6.61 Å². The van der Waals surface area contributed by atoms with E-state index in [1.807, 2.05) is 13.8 Å². The average molecular weight is 441 g/mol. The number of amides is 2. The van der Waals surface area contributed by atoms with Crippen molar-refractivity contribution in [3.8, 4) is 0 Å². The fourth-order valence-corrected chi connectivity index (χ4v) is 3.65. The van der Waals surface area contributed by atoms with Gasteiger partial charge in [0.15, 0.2) is 5.69 Å². The number of aromatic amines is 1. The number of nitrogen functional groups attached to an aromatic ring is 1. The van der Waals surface area contributed by atoms with Gasteiger partial charge >= 0.3 is 5.69 Å². The van der Waals surface area contributed by atoms with E-state index in [-0.39, 0.29) is 49.6 Å². The second-order valence-electron chi connectivity index (χ2n) is 7.92. The summed E-state index contributed by atoms with van der Waals surface area (Å²) in [5.74, 6) is -0.957. The molecule has 0 radical (unpaired) electrons. The van der Waals surface area contributed by atoms with Crippen molar-refractivity contribution in [3.63, 3.8) is 0 Å². The number of carbonyl (C=O) groups excluding carboxylic acids is 2. The summed E-state index contributed by atoms with van der Waals surface area (Å²) in [6.07, 6.45) is 0. The van der Waals surface area contributed by atoms with E-state index in [1.165, 1.54) is 16.6 Å². The molecule has 2 heterocycles. The van der Waals surface area contributed by atoms with Gasteiger partial charge in [-0.25, -0.2) is 4.79 Å². The van der Waals surface area contributed by atoms with Gasteiger partial charge < -0.3 is 15.4 Å². The number of aromatic nitrogens is 2. The number of methoxy groups -OCH3 is 1. The fourth-order valence-electron chi connectivity index (χ4n) is 3.65. The molecule has 1 aromatic carbocycles. The molecule has 10 nitrogen and oxygen atoms in total. The standard InChI is InChI=1S/C22H27N5O5/c1-13(2)11-27-19(23)18(20(29)24-22(27)31)25(9-10-32-4)17(28)12-26-14(3)15-7-5-6-8-16(15)21(26)30/h5-8,13H,3,9-12,23H2,1-2,4H3,(H,24,29,31). The van der Waals surface area contributed by atoms with E-state index >= 15 is 0 Å². The lowest BCUT2D eigenvalue weighted by molar-refractivity contribution is -0.118. The SMILES string of the molecule is C=C1c2ccccc2C(=O)N1CC(=O)N(CCOC)c1c(N)n(CC(C)C)c(=O)[nH]c1=O. The van der Waals surface area contributed by atoms with Crippen LogP contribution in [0, 0.1) is 5.92 Å². The predicted octanol–water partition coefficient (Wildman–Crippen LogP) is 0.881. The lowest BCUT2D eigenvalue weighted by Crippen LogP contribution is -2.46. The number of anilines is 2. The Hall–Kier alpha value is -3.66. The molecule has 0 atom stereocenters. The van der Waals surface area contributed by atoms with Gasteiger partial charge in [0.25, 0.3) is 11.5 Å². The maximum atomic E-state index is 13.3. The summed E-state index contributed by atoms with van der Waals surface area (Å²) in [5, 5.41) is 0. The van der Waals surface area contributed by atoms with Crippen LogP contribution in [0.25, 0.3) is 5.70 Å². The Balaban J connectivity index is 1.99. The van der Waals surface area contributed by atoms with Crippen molar-refractivity contribution in [2.45, 2.75) is 20.4 Å².